The average molecular weight is 736 g/mol. The smallest absolute Gasteiger partial charge is 0.174 e. The van der Waals surface area contributed by atoms with Crippen LogP contribution in [0.1, 0.15) is 112 Å². The molecule has 6 heteroatoms. The fraction of sp³-hybridized carbons (Fsp3) is 0.609. The minimum Gasteiger partial charge on any atom is -0.490 e. The summed E-state index contributed by atoms with van der Waals surface area (Å²) >= 11 is 0. The molecule has 0 aromatic heterocycles. The fourth-order valence-electron chi connectivity index (χ4n) is 14.1. The van der Waals surface area contributed by atoms with Gasteiger partial charge < -0.3 is 18.9 Å². The van der Waals surface area contributed by atoms with Gasteiger partial charge in [0.1, 0.15) is 18.6 Å². The Morgan fingerprint density at radius 1 is 0.692 bits per heavy atom. The molecule has 8 bridgehead atoms. The molecule has 8 aliphatic carbocycles. The summed E-state index contributed by atoms with van der Waals surface area (Å²) in [4.78, 5) is 2.33. The van der Waals surface area contributed by atoms with E-state index in [2.05, 4.69) is 112 Å². The van der Waals surface area contributed by atoms with Gasteiger partial charge >= 0.3 is 0 Å². The van der Waals surface area contributed by atoms with E-state index < -0.39 is 15.1 Å². The summed E-state index contributed by atoms with van der Waals surface area (Å²) in [6.45, 7) is 11.5. The van der Waals surface area contributed by atoms with Crippen molar-refractivity contribution in [3.8, 4) is 11.5 Å². The van der Waals surface area contributed by atoms with Crippen LogP contribution in [0.15, 0.2) is 72.8 Å². The minimum atomic E-state index is -2.97. The Bertz CT molecular complexity index is 1720. The zero-order chi connectivity index (χ0) is 35.6. The predicted molar refractivity (Wildman–Crippen MR) is 217 cm³/mol. The van der Waals surface area contributed by atoms with Crippen LogP contribution in [-0.2, 0) is 4.57 Å². The molecule has 8 saturated carbocycles. The zero-order valence-electron chi connectivity index (χ0n) is 32.1. The topological polar surface area (TPSA) is 38.8 Å². The van der Waals surface area contributed by atoms with E-state index in [1.807, 2.05) is 0 Å². The summed E-state index contributed by atoms with van der Waals surface area (Å²) in [5, 5.41) is 1.02. The largest absolute Gasteiger partial charge is 0.490 e. The molecule has 3 aromatic carbocycles. The van der Waals surface area contributed by atoms with E-state index in [9.17, 15) is 0 Å². The lowest BCUT2D eigenvalue weighted by Gasteiger charge is -2.68. The van der Waals surface area contributed by atoms with Crippen molar-refractivity contribution in [1.29, 1.82) is 0 Å². The molecule has 3 aromatic rings. The maximum Gasteiger partial charge on any atom is 0.174 e. The van der Waals surface area contributed by atoms with Crippen molar-refractivity contribution in [2.24, 2.45) is 35.5 Å². The summed E-state index contributed by atoms with van der Waals surface area (Å²) in [7, 11) is -3.95. The lowest BCUT2D eigenvalue weighted by atomic mass is 9.55. The second-order valence-corrected chi connectivity index (χ2v) is 27.0. The molecule has 1 heterocycles. The molecule has 2 atom stereocenters. The molecule has 0 radical (unpaired) electrons. The molecule has 9 aliphatic rings. The maximum absolute atomic E-state index is 17.9. The molecule has 4 nitrogen and oxygen atoms in total. The van der Waals surface area contributed by atoms with E-state index in [1.54, 1.807) is 0 Å². The summed E-state index contributed by atoms with van der Waals surface area (Å²) in [5.74, 6) is 6.43. The van der Waals surface area contributed by atoms with Gasteiger partial charge in [-0.3, -0.25) is 0 Å². The lowest BCUT2D eigenvalue weighted by molar-refractivity contribution is 0.0112. The van der Waals surface area contributed by atoms with Crippen molar-refractivity contribution < 1.29 is 14.0 Å². The summed E-state index contributed by atoms with van der Waals surface area (Å²) in [6.07, 6.45) is 15.4. The predicted octanol–water partition coefficient (Wildman–Crippen LogP) is 12.8. The standard InChI is InChI=1S/C46H59NO3P2/c1-30(2)49-40-22-39(47(37-12-8-6-9-13-37)38-14-10-7-11-15-38)23-41-42(40)51(44(3,4)5)43(50-41)52(48,45-24-31-16-32(25-45)18-33(17-31)26-45)46-27-34-19-35(28-46)21-36(20-34)29-46/h6-15,22-23,30-36,43H,16-21,24-29H2,1-5H3/t31?,32?,33?,34?,35?,36?,43-,45?,46?,51-,52?/m0/s1. The van der Waals surface area contributed by atoms with E-state index in [-0.39, 0.29) is 27.2 Å². The van der Waals surface area contributed by atoms with E-state index in [4.69, 9.17) is 9.47 Å². The number of fused-ring (bicyclic) bond motifs is 1. The first kappa shape index (κ1) is 34.2. The molecular weight excluding hydrogens is 676 g/mol. The number of hydrogen-bond donors (Lipinski definition) is 0. The Balaban J connectivity index is 1.18. The minimum absolute atomic E-state index is 0.00947. The van der Waals surface area contributed by atoms with Gasteiger partial charge in [0.25, 0.3) is 0 Å². The third-order valence-electron chi connectivity index (χ3n) is 14.8. The molecule has 0 amide bonds. The molecule has 0 saturated heterocycles. The van der Waals surface area contributed by atoms with E-state index in [1.165, 1.54) is 82.4 Å². The number of hydrogen-bond acceptors (Lipinski definition) is 4. The van der Waals surface area contributed by atoms with Crippen molar-refractivity contribution in [3.05, 3.63) is 72.8 Å². The SMILES string of the molecule is CC(C)Oc1cc(N(c2ccccc2)c2ccccc2)cc2c1[P@](C(C)(C)C)[C@@H](P(=O)(C13CC4CC(CC(C4)C1)C3)C13CC4CC(CC(C4)C1)C3)O2. The highest BCUT2D eigenvalue weighted by molar-refractivity contribution is 7.84. The van der Waals surface area contributed by atoms with Gasteiger partial charge in [0.05, 0.1) is 17.1 Å². The molecular formula is C46H59NO3P2. The first-order valence-electron chi connectivity index (χ1n) is 20.7. The van der Waals surface area contributed by atoms with Crippen LogP contribution in [-0.4, -0.2) is 27.2 Å². The van der Waals surface area contributed by atoms with Crippen molar-refractivity contribution in [2.75, 3.05) is 4.90 Å². The van der Waals surface area contributed by atoms with Crippen molar-refractivity contribution in [1.82, 2.24) is 0 Å². The van der Waals surface area contributed by atoms with Crippen LogP contribution in [0.5, 0.6) is 11.5 Å². The number of ether oxygens (including phenoxy) is 2. The molecule has 52 heavy (non-hydrogen) atoms. The molecule has 8 fully saturated rings. The van der Waals surface area contributed by atoms with Gasteiger partial charge in [-0.15, -0.1) is 0 Å². The van der Waals surface area contributed by atoms with Gasteiger partial charge in [0, 0.05) is 33.8 Å². The second kappa shape index (κ2) is 12.1. The molecule has 276 valence electrons. The fourth-order valence-corrected chi connectivity index (χ4v) is 26.1. The highest BCUT2D eigenvalue weighted by atomic mass is 31.2. The number of anilines is 3. The van der Waals surface area contributed by atoms with Gasteiger partial charge in [0.15, 0.2) is 5.59 Å². The summed E-state index contributed by atoms with van der Waals surface area (Å²) in [6, 6.07) is 25.9. The average Bonchev–Trinajstić information content (AvgIpc) is 3.49. The Morgan fingerprint density at radius 3 is 1.50 bits per heavy atom. The van der Waals surface area contributed by atoms with Gasteiger partial charge in [-0.25, -0.2) is 0 Å². The van der Waals surface area contributed by atoms with Crippen LogP contribution in [0.2, 0.25) is 0 Å². The van der Waals surface area contributed by atoms with Crippen LogP contribution in [0.4, 0.5) is 17.1 Å². The summed E-state index contributed by atoms with van der Waals surface area (Å²) in [5.41, 5.74) is 3.00. The van der Waals surface area contributed by atoms with Crippen LogP contribution in [0.25, 0.3) is 0 Å². The Kier molecular flexibility index (Phi) is 7.97. The van der Waals surface area contributed by atoms with E-state index in [0.717, 1.165) is 64.1 Å². The van der Waals surface area contributed by atoms with Crippen molar-refractivity contribution >= 4 is 37.4 Å². The quantitative estimate of drug-likeness (QED) is 0.216. The Morgan fingerprint density at radius 2 is 1.12 bits per heavy atom. The zero-order valence-corrected chi connectivity index (χ0v) is 33.9. The molecule has 12 rings (SSSR count). The monoisotopic (exact) mass is 735 g/mol. The summed E-state index contributed by atoms with van der Waals surface area (Å²) < 4.78 is 32.5. The van der Waals surface area contributed by atoms with Crippen LogP contribution >= 0.6 is 15.1 Å². The molecule has 0 unspecified atom stereocenters. The third kappa shape index (κ3) is 5.19. The van der Waals surface area contributed by atoms with Gasteiger partial charge in [-0.1, -0.05) is 57.2 Å². The van der Waals surface area contributed by atoms with Crippen molar-refractivity contribution in [2.45, 2.75) is 139 Å². The van der Waals surface area contributed by atoms with Crippen LogP contribution < -0.4 is 19.7 Å². The normalized spacial score (nSPS) is 37.9. The number of nitrogens with zero attached hydrogens (tertiary/aromatic N) is 1. The maximum atomic E-state index is 17.9. The highest BCUT2D eigenvalue weighted by Crippen LogP contribution is 2.89. The van der Waals surface area contributed by atoms with Crippen LogP contribution in [0, 0.1) is 35.5 Å². The Hall–Kier alpha value is -2.28. The van der Waals surface area contributed by atoms with Gasteiger partial charge in [-0.05, 0) is 164 Å². The number of benzene rings is 3. The highest BCUT2D eigenvalue weighted by Gasteiger charge is 2.73. The lowest BCUT2D eigenvalue weighted by Crippen LogP contribution is -2.60. The van der Waals surface area contributed by atoms with Gasteiger partial charge in [0.2, 0.25) is 0 Å². The number of rotatable bonds is 8. The van der Waals surface area contributed by atoms with Gasteiger partial charge in [-0.2, -0.15) is 0 Å². The Labute approximate surface area is 313 Å². The number of para-hydroxylation sites is 2. The van der Waals surface area contributed by atoms with E-state index in [0.29, 0.717) is 0 Å². The first-order valence-corrected chi connectivity index (χ1v) is 23.9. The third-order valence-corrected chi connectivity index (χ3v) is 24.0. The molecule has 0 N–H and O–H groups in total. The molecule has 1 aliphatic heterocycles. The second-order valence-electron chi connectivity index (χ2n) is 19.9. The first-order chi connectivity index (χ1) is 24.9. The van der Waals surface area contributed by atoms with E-state index >= 15 is 4.57 Å². The molecule has 0 spiro atoms. The van der Waals surface area contributed by atoms with Crippen molar-refractivity contribution in [3.63, 3.8) is 0 Å². The van der Waals surface area contributed by atoms with Crippen LogP contribution in [0.3, 0.4) is 0 Å².